The molecule has 1 aromatic heterocycles. The Kier molecular flexibility index (Phi) is 5.22. The zero-order valence-electron chi connectivity index (χ0n) is 14.6. The number of amides is 1. The number of likely N-dealkylation sites (tertiary alicyclic amines) is 1. The molecule has 1 N–H and O–H groups in total. The molecule has 2 fully saturated rings. The van der Waals surface area contributed by atoms with Crippen LogP contribution >= 0.6 is 0 Å². The summed E-state index contributed by atoms with van der Waals surface area (Å²) in [6.45, 7) is 8.72. The van der Waals surface area contributed by atoms with E-state index in [1.807, 2.05) is 36.6 Å². The van der Waals surface area contributed by atoms with Gasteiger partial charge in [-0.15, -0.1) is 0 Å². The number of nitrogens with zero attached hydrogens (tertiary/aromatic N) is 3. The molecule has 4 atom stereocenters. The molecule has 134 valence electrons. The Morgan fingerprint density at radius 3 is 2.62 bits per heavy atom. The first-order valence-electron chi connectivity index (χ1n) is 8.66. The third-order valence-electron chi connectivity index (χ3n) is 4.75. The first-order valence-corrected chi connectivity index (χ1v) is 8.66. The molecule has 0 saturated carbocycles. The van der Waals surface area contributed by atoms with Gasteiger partial charge < -0.3 is 19.3 Å². The van der Waals surface area contributed by atoms with Gasteiger partial charge in [0.05, 0.1) is 30.6 Å². The van der Waals surface area contributed by atoms with Crippen LogP contribution < -0.4 is 0 Å². The van der Waals surface area contributed by atoms with E-state index in [0.717, 1.165) is 11.5 Å². The number of ether oxygens (including phenoxy) is 1. The molecule has 3 rings (SSSR count). The Bertz CT molecular complexity index is 566. The van der Waals surface area contributed by atoms with Crippen molar-refractivity contribution in [2.75, 3.05) is 32.7 Å². The molecule has 7 heteroatoms. The van der Waals surface area contributed by atoms with E-state index in [9.17, 15) is 9.90 Å². The maximum absolute atomic E-state index is 12.5. The maximum Gasteiger partial charge on any atom is 0.236 e. The number of aliphatic hydroxyl groups excluding tert-OH is 1. The SMILES string of the molecule is Cc1cc(C[C@@H]2CN(CC(=O)N3C[C@@H](C)O[C@@H](C)C3)C[C@@H]2O)on1. The third kappa shape index (κ3) is 4.15. The number of hydrogen-bond acceptors (Lipinski definition) is 6. The van der Waals surface area contributed by atoms with Gasteiger partial charge >= 0.3 is 0 Å². The fourth-order valence-corrected chi connectivity index (χ4v) is 3.71. The van der Waals surface area contributed by atoms with Gasteiger partial charge in [-0.3, -0.25) is 9.69 Å². The molecule has 1 aromatic rings. The van der Waals surface area contributed by atoms with E-state index < -0.39 is 6.10 Å². The molecule has 0 aromatic carbocycles. The summed E-state index contributed by atoms with van der Waals surface area (Å²) < 4.78 is 10.9. The molecule has 2 saturated heterocycles. The van der Waals surface area contributed by atoms with Gasteiger partial charge in [0.25, 0.3) is 0 Å². The lowest BCUT2D eigenvalue weighted by molar-refractivity contribution is -0.144. The van der Waals surface area contributed by atoms with Crippen molar-refractivity contribution in [2.24, 2.45) is 5.92 Å². The molecule has 3 heterocycles. The minimum atomic E-state index is -0.439. The first kappa shape index (κ1) is 17.4. The van der Waals surface area contributed by atoms with E-state index in [-0.39, 0.29) is 24.0 Å². The van der Waals surface area contributed by atoms with Crippen LogP contribution in [-0.2, 0) is 16.0 Å². The Labute approximate surface area is 142 Å². The highest BCUT2D eigenvalue weighted by Crippen LogP contribution is 2.22. The molecule has 24 heavy (non-hydrogen) atoms. The van der Waals surface area contributed by atoms with Gasteiger partial charge in [0.1, 0.15) is 5.76 Å². The topological polar surface area (TPSA) is 79.0 Å². The lowest BCUT2D eigenvalue weighted by atomic mass is 10.0. The van der Waals surface area contributed by atoms with Crippen molar-refractivity contribution in [2.45, 2.75) is 45.5 Å². The fraction of sp³-hybridized carbons (Fsp3) is 0.765. The first-order chi connectivity index (χ1) is 11.4. The molecule has 2 aliphatic rings. The molecule has 2 aliphatic heterocycles. The van der Waals surface area contributed by atoms with E-state index in [1.54, 1.807) is 0 Å². The maximum atomic E-state index is 12.5. The molecule has 0 aliphatic carbocycles. The van der Waals surface area contributed by atoms with E-state index in [1.165, 1.54) is 0 Å². The number of aromatic nitrogens is 1. The van der Waals surface area contributed by atoms with Crippen LogP contribution in [0, 0.1) is 12.8 Å². The van der Waals surface area contributed by atoms with Crippen molar-refractivity contribution >= 4 is 5.91 Å². The van der Waals surface area contributed by atoms with Crippen LogP contribution in [0.1, 0.15) is 25.3 Å². The number of aryl methyl sites for hydroxylation is 1. The number of β-amino-alcohol motifs (C(OH)–C–C–N with tert-alkyl or cyclic N) is 1. The van der Waals surface area contributed by atoms with Crippen molar-refractivity contribution in [1.29, 1.82) is 0 Å². The van der Waals surface area contributed by atoms with Crippen molar-refractivity contribution in [3.63, 3.8) is 0 Å². The van der Waals surface area contributed by atoms with Gasteiger partial charge in [-0.25, -0.2) is 0 Å². The molecule has 0 unspecified atom stereocenters. The predicted octanol–water partition coefficient (Wildman–Crippen LogP) is 0.454. The van der Waals surface area contributed by atoms with E-state index >= 15 is 0 Å². The summed E-state index contributed by atoms with van der Waals surface area (Å²) in [7, 11) is 0. The summed E-state index contributed by atoms with van der Waals surface area (Å²) in [6, 6.07) is 1.90. The molecular weight excluding hydrogens is 310 g/mol. The number of aliphatic hydroxyl groups is 1. The monoisotopic (exact) mass is 337 g/mol. The molecule has 0 spiro atoms. The minimum absolute atomic E-state index is 0.0734. The average molecular weight is 337 g/mol. The molecule has 0 radical (unpaired) electrons. The summed E-state index contributed by atoms with van der Waals surface area (Å²) in [5, 5.41) is 14.2. The summed E-state index contributed by atoms with van der Waals surface area (Å²) in [4.78, 5) is 16.4. The smallest absolute Gasteiger partial charge is 0.236 e. The summed E-state index contributed by atoms with van der Waals surface area (Å²) in [5.41, 5.74) is 0.847. The molecule has 7 nitrogen and oxygen atoms in total. The van der Waals surface area contributed by atoms with Crippen LogP contribution in [-0.4, -0.2) is 77.0 Å². The fourth-order valence-electron chi connectivity index (χ4n) is 3.71. The normalized spacial score (nSPS) is 31.6. The van der Waals surface area contributed by atoms with Crippen molar-refractivity contribution < 1.29 is 19.2 Å². The minimum Gasteiger partial charge on any atom is -0.391 e. The summed E-state index contributed by atoms with van der Waals surface area (Å²) in [6.07, 6.45) is 0.359. The lowest BCUT2D eigenvalue weighted by Crippen LogP contribution is -2.50. The van der Waals surface area contributed by atoms with Crippen molar-refractivity contribution in [3.05, 3.63) is 17.5 Å². The highest BCUT2D eigenvalue weighted by atomic mass is 16.5. The Morgan fingerprint density at radius 2 is 2.00 bits per heavy atom. The van der Waals surface area contributed by atoms with Gasteiger partial charge in [0.15, 0.2) is 0 Å². The van der Waals surface area contributed by atoms with E-state index in [0.29, 0.717) is 39.1 Å². The summed E-state index contributed by atoms with van der Waals surface area (Å²) >= 11 is 0. The number of morpholine rings is 1. The molecule has 1 amide bonds. The van der Waals surface area contributed by atoms with Gasteiger partial charge in [-0.2, -0.15) is 0 Å². The highest BCUT2D eigenvalue weighted by molar-refractivity contribution is 5.78. The van der Waals surface area contributed by atoms with E-state index in [2.05, 4.69) is 5.16 Å². The standard InChI is InChI=1S/C17H27N3O4/c1-11-4-15(24-18-11)5-14-8-19(9-16(14)21)10-17(22)20-6-12(2)23-13(3)7-20/h4,12-14,16,21H,5-10H2,1-3H3/t12-,13+,14-,16+/m1/s1. The number of hydrogen-bond donors (Lipinski definition) is 1. The van der Waals surface area contributed by atoms with E-state index in [4.69, 9.17) is 9.26 Å². The average Bonchev–Trinajstić information content (AvgIpc) is 3.04. The summed E-state index contributed by atoms with van der Waals surface area (Å²) in [5.74, 6) is 0.980. The quantitative estimate of drug-likeness (QED) is 0.860. The third-order valence-corrected chi connectivity index (χ3v) is 4.75. The van der Waals surface area contributed by atoms with Crippen LogP contribution in [0.3, 0.4) is 0 Å². The van der Waals surface area contributed by atoms with Gasteiger partial charge in [-0.1, -0.05) is 5.16 Å². The van der Waals surface area contributed by atoms with Crippen LogP contribution in [0.4, 0.5) is 0 Å². The predicted molar refractivity (Wildman–Crippen MR) is 87.5 cm³/mol. The number of carbonyl (C=O) groups is 1. The van der Waals surface area contributed by atoms with Crippen molar-refractivity contribution in [1.82, 2.24) is 15.0 Å². The zero-order chi connectivity index (χ0) is 17.3. The number of rotatable bonds is 4. The van der Waals surface area contributed by atoms with Gasteiger partial charge in [0.2, 0.25) is 5.91 Å². The second-order valence-corrected chi connectivity index (χ2v) is 7.22. The van der Waals surface area contributed by atoms with Gasteiger partial charge in [-0.05, 0) is 20.8 Å². The van der Waals surface area contributed by atoms with Crippen LogP contribution in [0.2, 0.25) is 0 Å². The van der Waals surface area contributed by atoms with Crippen molar-refractivity contribution in [3.8, 4) is 0 Å². The number of carbonyl (C=O) groups excluding carboxylic acids is 1. The zero-order valence-corrected chi connectivity index (χ0v) is 14.6. The Hall–Kier alpha value is -1.44. The van der Waals surface area contributed by atoms with Gasteiger partial charge in [0, 0.05) is 44.6 Å². The second kappa shape index (κ2) is 7.21. The Morgan fingerprint density at radius 1 is 1.29 bits per heavy atom. The van der Waals surface area contributed by atoms with Crippen LogP contribution in [0.15, 0.2) is 10.6 Å². The second-order valence-electron chi connectivity index (χ2n) is 7.22. The van der Waals surface area contributed by atoms with Crippen LogP contribution in [0.25, 0.3) is 0 Å². The highest BCUT2D eigenvalue weighted by Gasteiger charge is 2.34. The van der Waals surface area contributed by atoms with Crippen LogP contribution in [0.5, 0.6) is 0 Å². The lowest BCUT2D eigenvalue weighted by Gasteiger charge is -2.36. The molecular formula is C17H27N3O4. The Balaban J connectivity index is 1.52. The largest absolute Gasteiger partial charge is 0.391 e. The molecule has 0 bridgehead atoms.